The molecule has 1 aromatic rings. The number of methoxy groups -OCH3 is 1. The lowest BCUT2D eigenvalue weighted by molar-refractivity contribution is 0.0600. The SMILES string of the molecule is COC(=O)c1ccc(CN=[N+]=[N-])c(Cl)c1. The number of esters is 1. The third kappa shape index (κ3) is 2.87. The lowest BCUT2D eigenvalue weighted by atomic mass is 10.1. The fourth-order valence-corrected chi connectivity index (χ4v) is 1.27. The Labute approximate surface area is 91.2 Å². The van der Waals surface area contributed by atoms with E-state index in [0.717, 1.165) is 0 Å². The van der Waals surface area contributed by atoms with Crippen molar-refractivity contribution in [3.05, 3.63) is 44.8 Å². The number of carbonyl (C=O) groups excluding carboxylic acids is 1. The highest BCUT2D eigenvalue weighted by Gasteiger charge is 2.07. The summed E-state index contributed by atoms with van der Waals surface area (Å²) in [4.78, 5) is 13.7. The van der Waals surface area contributed by atoms with Crippen LogP contribution < -0.4 is 0 Å². The van der Waals surface area contributed by atoms with Gasteiger partial charge in [-0.15, -0.1) is 0 Å². The highest BCUT2D eigenvalue weighted by molar-refractivity contribution is 6.31. The number of nitrogens with zero attached hydrogens (tertiary/aromatic N) is 3. The predicted molar refractivity (Wildman–Crippen MR) is 55.6 cm³/mol. The van der Waals surface area contributed by atoms with Crippen LogP contribution >= 0.6 is 11.6 Å². The van der Waals surface area contributed by atoms with Crippen molar-refractivity contribution >= 4 is 17.6 Å². The van der Waals surface area contributed by atoms with Gasteiger partial charge in [0.2, 0.25) is 0 Å². The van der Waals surface area contributed by atoms with Gasteiger partial charge in [-0.3, -0.25) is 0 Å². The van der Waals surface area contributed by atoms with Crippen molar-refractivity contribution in [1.82, 2.24) is 0 Å². The van der Waals surface area contributed by atoms with E-state index in [-0.39, 0.29) is 6.54 Å². The molecule has 0 aliphatic rings. The minimum atomic E-state index is -0.452. The minimum absolute atomic E-state index is 0.163. The summed E-state index contributed by atoms with van der Waals surface area (Å²) in [5.41, 5.74) is 9.18. The zero-order chi connectivity index (χ0) is 11.3. The topological polar surface area (TPSA) is 75.1 Å². The first-order valence-electron chi connectivity index (χ1n) is 4.06. The molecule has 0 fully saturated rings. The van der Waals surface area contributed by atoms with E-state index < -0.39 is 5.97 Å². The average Bonchev–Trinajstić information content (AvgIpc) is 2.26. The summed E-state index contributed by atoms with van der Waals surface area (Å²) in [6, 6.07) is 4.68. The van der Waals surface area contributed by atoms with Crippen molar-refractivity contribution in [3.63, 3.8) is 0 Å². The molecule has 0 aromatic heterocycles. The number of ether oxygens (including phenoxy) is 1. The maximum absolute atomic E-state index is 11.1. The monoisotopic (exact) mass is 225 g/mol. The Bertz CT molecular complexity index is 427. The molecule has 0 saturated carbocycles. The van der Waals surface area contributed by atoms with Crippen LogP contribution in [-0.4, -0.2) is 13.1 Å². The molecular weight excluding hydrogens is 218 g/mol. The summed E-state index contributed by atoms with van der Waals surface area (Å²) >= 11 is 5.88. The van der Waals surface area contributed by atoms with Gasteiger partial charge >= 0.3 is 5.97 Å². The normalized spacial score (nSPS) is 9.20. The second kappa shape index (κ2) is 5.24. The van der Waals surface area contributed by atoms with Crippen LogP contribution in [0.25, 0.3) is 10.4 Å². The van der Waals surface area contributed by atoms with E-state index in [0.29, 0.717) is 16.1 Å². The van der Waals surface area contributed by atoms with E-state index in [1.165, 1.54) is 13.2 Å². The van der Waals surface area contributed by atoms with Gasteiger partial charge in [-0.25, -0.2) is 4.79 Å². The first-order chi connectivity index (χ1) is 7.19. The summed E-state index contributed by atoms with van der Waals surface area (Å²) in [5.74, 6) is -0.452. The van der Waals surface area contributed by atoms with Gasteiger partial charge in [0.1, 0.15) is 0 Å². The summed E-state index contributed by atoms with van der Waals surface area (Å²) in [5, 5.41) is 3.76. The van der Waals surface area contributed by atoms with E-state index in [1.54, 1.807) is 12.1 Å². The van der Waals surface area contributed by atoms with E-state index in [9.17, 15) is 4.79 Å². The molecule has 0 radical (unpaired) electrons. The van der Waals surface area contributed by atoms with Crippen LogP contribution in [0.2, 0.25) is 5.02 Å². The molecule has 6 heteroatoms. The highest BCUT2D eigenvalue weighted by Crippen LogP contribution is 2.19. The third-order valence-electron chi connectivity index (χ3n) is 1.78. The smallest absolute Gasteiger partial charge is 0.337 e. The Morgan fingerprint density at radius 3 is 2.93 bits per heavy atom. The second-order valence-corrected chi connectivity index (χ2v) is 3.09. The largest absolute Gasteiger partial charge is 0.465 e. The van der Waals surface area contributed by atoms with Gasteiger partial charge < -0.3 is 4.74 Å². The number of halogens is 1. The summed E-state index contributed by atoms with van der Waals surface area (Å²) < 4.78 is 4.53. The summed E-state index contributed by atoms with van der Waals surface area (Å²) in [7, 11) is 1.30. The fourth-order valence-electron chi connectivity index (χ4n) is 1.03. The van der Waals surface area contributed by atoms with Gasteiger partial charge in [0.25, 0.3) is 0 Å². The van der Waals surface area contributed by atoms with Gasteiger partial charge in [-0.1, -0.05) is 22.8 Å². The number of rotatable bonds is 3. The summed E-state index contributed by atoms with van der Waals surface area (Å²) in [6.07, 6.45) is 0. The van der Waals surface area contributed by atoms with Crippen LogP contribution in [0.3, 0.4) is 0 Å². The molecule has 0 amide bonds. The van der Waals surface area contributed by atoms with Crippen LogP contribution in [0.1, 0.15) is 15.9 Å². The Kier molecular flexibility index (Phi) is 3.97. The molecule has 0 aliphatic carbocycles. The van der Waals surface area contributed by atoms with Crippen molar-refractivity contribution in [2.24, 2.45) is 5.11 Å². The van der Waals surface area contributed by atoms with Crippen LogP contribution in [0.4, 0.5) is 0 Å². The molecule has 1 rings (SSSR count). The van der Waals surface area contributed by atoms with E-state index in [2.05, 4.69) is 14.8 Å². The van der Waals surface area contributed by atoms with Gasteiger partial charge in [0.15, 0.2) is 0 Å². The average molecular weight is 226 g/mol. The maximum atomic E-state index is 11.1. The van der Waals surface area contributed by atoms with E-state index >= 15 is 0 Å². The molecule has 0 aliphatic heterocycles. The summed E-state index contributed by atoms with van der Waals surface area (Å²) in [6.45, 7) is 0.163. The molecule has 0 atom stereocenters. The van der Waals surface area contributed by atoms with Gasteiger partial charge in [0, 0.05) is 9.93 Å². The molecule has 0 spiro atoms. The first-order valence-corrected chi connectivity index (χ1v) is 4.44. The fraction of sp³-hybridized carbons (Fsp3) is 0.222. The van der Waals surface area contributed by atoms with Crippen molar-refractivity contribution in [2.45, 2.75) is 6.54 Å². The van der Waals surface area contributed by atoms with Crippen LogP contribution in [0.5, 0.6) is 0 Å². The number of benzene rings is 1. The Hall–Kier alpha value is -1.71. The van der Waals surface area contributed by atoms with Crippen LogP contribution in [0, 0.1) is 0 Å². The van der Waals surface area contributed by atoms with Crippen LogP contribution in [-0.2, 0) is 11.3 Å². The Morgan fingerprint density at radius 1 is 1.67 bits per heavy atom. The van der Waals surface area contributed by atoms with Crippen molar-refractivity contribution < 1.29 is 9.53 Å². The Morgan fingerprint density at radius 2 is 2.40 bits per heavy atom. The number of hydrogen-bond acceptors (Lipinski definition) is 3. The molecule has 78 valence electrons. The van der Waals surface area contributed by atoms with E-state index in [1.807, 2.05) is 0 Å². The minimum Gasteiger partial charge on any atom is -0.465 e. The van der Waals surface area contributed by atoms with Crippen molar-refractivity contribution in [2.75, 3.05) is 7.11 Å². The molecular formula is C9H8ClN3O2. The molecule has 0 bridgehead atoms. The van der Waals surface area contributed by atoms with Crippen molar-refractivity contribution in [3.8, 4) is 0 Å². The lowest BCUT2D eigenvalue weighted by Gasteiger charge is -2.03. The lowest BCUT2D eigenvalue weighted by Crippen LogP contribution is -2.01. The number of carbonyl (C=O) groups is 1. The van der Waals surface area contributed by atoms with Crippen LogP contribution in [0.15, 0.2) is 23.3 Å². The molecule has 0 N–H and O–H groups in total. The van der Waals surface area contributed by atoms with Gasteiger partial charge in [0.05, 0.1) is 19.2 Å². The molecule has 5 nitrogen and oxygen atoms in total. The maximum Gasteiger partial charge on any atom is 0.337 e. The molecule has 0 heterocycles. The quantitative estimate of drug-likeness (QED) is 0.343. The third-order valence-corrected chi connectivity index (χ3v) is 2.13. The zero-order valence-electron chi connectivity index (χ0n) is 7.98. The molecule has 1 aromatic carbocycles. The van der Waals surface area contributed by atoms with Gasteiger partial charge in [-0.05, 0) is 23.2 Å². The zero-order valence-corrected chi connectivity index (χ0v) is 8.73. The van der Waals surface area contributed by atoms with Crippen molar-refractivity contribution in [1.29, 1.82) is 0 Å². The Balaban J connectivity index is 2.97. The number of hydrogen-bond donors (Lipinski definition) is 0. The first kappa shape index (κ1) is 11.4. The second-order valence-electron chi connectivity index (χ2n) is 2.69. The standard InChI is InChI=1S/C9H8ClN3O2/c1-15-9(14)6-2-3-7(5-12-13-11)8(10)4-6/h2-4H,5H2,1H3. The molecule has 15 heavy (non-hydrogen) atoms. The van der Waals surface area contributed by atoms with E-state index in [4.69, 9.17) is 17.1 Å². The van der Waals surface area contributed by atoms with Gasteiger partial charge in [-0.2, -0.15) is 0 Å². The molecule has 0 unspecified atom stereocenters. The highest BCUT2D eigenvalue weighted by atomic mass is 35.5. The molecule has 0 saturated heterocycles. The number of azide groups is 1. The predicted octanol–water partition coefficient (Wildman–Crippen LogP) is 2.94.